The lowest BCUT2D eigenvalue weighted by Crippen LogP contribution is -2.47. The summed E-state index contributed by atoms with van der Waals surface area (Å²) in [4.78, 5) is 35.2. The average Bonchev–Trinajstić information content (AvgIpc) is 3.66. The van der Waals surface area contributed by atoms with E-state index in [9.17, 15) is 18.4 Å². The van der Waals surface area contributed by atoms with E-state index in [0.29, 0.717) is 18.1 Å². The normalized spacial score (nSPS) is 19.1. The van der Waals surface area contributed by atoms with Gasteiger partial charge >= 0.3 is 6.61 Å². The number of nitrogens with zero attached hydrogens (tertiary/aromatic N) is 7. The Kier molecular flexibility index (Phi) is 7.30. The number of hydrogen-bond acceptors (Lipinski definition) is 7. The Morgan fingerprint density at radius 1 is 1.24 bits per heavy atom. The molecule has 2 amide bonds. The highest BCUT2D eigenvalue weighted by Crippen LogP contribution is 2.37. The molecule has 11 nitrogen and oxygen atoms in total. The number of likely N-dealkylation sites (tertiary alicyclic amines) is 2. The second-order valence-corrected chi connectivity index (χ2v) is 10.7. The molecule has 2 fully saturated rings. The van der Waals surface area contributed by atoms with Crippen LogP contribution < -0.4 is 10.1 Å². The lowest BCUT2D eigenvalue weighted by Gasteiger charge is -2.36. The van der Waals surface area contributed by atoms with Crippen LogP contribution in [0.4, 0.5) is 14.5 Å². The van der Waals surface area contributed by atoms with Crippen molar-refractivity contribution in [1.82, 2.24) is 34.2 Å². The standard InChI is InChI=1S/C27H27ClF2N8O3/c1-35-9-6-21-16(13-35)5-10-37(21)23(39)15-36-14-20(33-26(40)19-12-32-38-8-2-7-31-25(19)38)24(34-36)18-11-17(28)3-4-22(18)41-27(29)30/h2-4,7-8,11-12,14,16,21,27H,5-6,9-10,13,15H2,1H3,(H,33,40)/t16?,21-/m0/s1. The Morgan fingerprint density at radius 2 is 2.10 bits per heavy atom. The lowest BCUT2D eigenvalue weighted by molar-refractivity contribution is -0.133. The van der Waals surface area contributed by atoms with Crippen LogP contribution in [0.25, 0.3) is 16.9 Å². The molecule has 2 atom stereocenters. The monoisotopic (exact) mass is 584 g/mol. The van der Waals surface area contributed by atoms with E-state index in [-0.39, 0.29) is 51.8 Å². The molecular formula is C27H27ClF2N8O3. The van der Waals surface area contributed by atoms with E-state index in [1.54, 1.807) is 12.3 Å². The van der Waals surface area contributed by atoms with Crippen molar-refractivity contribution in [2.75, 3.05) is 32.0 Å². The highest BCUT2D eigenvalue weighted by atomic mass is 35.5. The number of fused-ring (bicyclic) bond motifs is 2. The number of anilines is 1. The second kappa shape index (κ2) is 11.1. The SMILES string of the molecule is CN1CC[C@H]2C(CCN2C(=O)Cn2cc(NC(=O)c3cnn4cccnc34)c(-c3cc(Cl)ccc3OC(F)F)n2)C1. The fraction of sp³-hybridized carbons (Fsp3) is 0.370. The number of ether oxygens (including phenoxy) is 1. The smallest absolute Gasteiger partial charge is 0.387 e. The number of nitrogens with one attached hydrogen (secondary N) is 1. The number of alkyl halides is 2. The maximum Gasteiger partial charge on any atom is 0.387 e. The van der Waals surface area contributed by atoms with E-state index in [0.717, 1.165) is 25.9 Å². The van der Waals surface area contributed by atoms with Gasteiger partial charge in [-0.1, -0.05) is 11.6 Å². The Hall–Kier alpha value is -4.10. The van der Waals surface area contributed by atoms with Crippen LogP contribution in [-0.2, 0) is 11.3 Å². The maximum atomic E-state index is 13.4. The third-order valence-electron chi connectivity index (χ3n) is 7.60. The minimum atomic E-state index is -3.10. The zero-order valence-electron chi connectivity index (χ0n) is 22.1. The van der Waals surface area contributed by atoms with Crippen molar-refractivity contribution in [2.45, 2.75) is 32.0 Å². The summed E-state index contributed by atoms with van der Waals surface area (Å²) < 4.78 is 34.1. The van der Waals surface area contributed by atoms with Crippen molar-refractivity contribution in [1.29, 1.82) is 0 Å². The van der Waals surface area contributed by atoms with E-state index in [4.69, 9.17) is 16.3 Å². The van der Waals surface area contributed by atoms with Crippen molar-refractivity contribution in [3.8, 4) is 17.0 Å². The van der Waals surface area contributed by atoms with Crippen LogP contribution in [0.5, 0.6) is 5.75 Å². The zero-order chi connectivity index (χ0) is 28.7. The molecule has 214 valence electrons. The van der Waals surface area contributed by atoms with Crippen molar-refractivity contribution in [3.63, 3.8) is 0 Å². The minimum absolute atomic E-state index is 0.0915. The lowest BCUT2D eigenvalue weighted by atomic mass is 9.93. The van der Waals surface area contributed by atoms with Gasteiger partial charge in [-0.2, -0.15) is 19.0 Å². The first-order valence-corrected chi connectivity index (χ1v) is 13.5. The van der Waals surface area contributed by atoms with E-state index in [2.05, 4.69) is 32.4 Å². The Labute approximate surface area is 238 Å². The quantitative estimate of drug-likeness (QED) is 0.353. The number of rotatable bonds is 7. The van der Waals surface area contributed by atoms with Gasteiger partial charge < -0.3 is 19.9 Å². The number of piperidine rings is 1. The molecule has 4 aromatic rings. The van der Waals surface area contributed by atoms with Gasteiger partial charge in [-0.15, -0.1) is 0 Å². The molecule has 1 N–H and O–H groups in total. The summed E-state index contributed by atoms with van der Waals surface area (Å²) in [5.41, 5.74) is 0.959. The molecule has 3 aromatic heterocycles. The molecule has 1 aromatic carbocycles. The van der Waals surface area contributed by atoms with Gasteiger partial charge in [0.15, 0.2) is 5.65 Å². The predicted octanol–water partition coefficient (Wildman–Crippen LogP) is 3.65. The molecule has 0 aliphatic carbocycles. The molecule has 2 aliphatic heterocycles. The van der Waals surface area contributed by atoms with Gasteiger partial charge in [0.2, 0.25) is 5.91 Å². The molecule has 5 heterocycles. The third kappa shape index (κ3) is 5.46. The van der Waals surface area contributed by atoms with Gasteiger partial charge in [0.1, 0.15) is 23.6 Å². The summed E-state index contributed by atoms with van der Waals surface area (Å²) >= 11 is 6.21. The molecule has 2 aliphatic rings. The van der Waals surface area contributed by atoms with E-state index in [1.807, 2.05) is 4.90 Å². The first-order chi connectivity index (χ1) is 19.8. The number of carbonyl (C=O) groups is 2. The molecule has 2 saturated heterocycles. The minimum Gasteiger partial charge on any atom is -0.434 e. The van der Waals surface area contributed by atoms with Crippen LogP contribution in [0.15, 0.2) is 49.1 Å². The van der Waals surface area contributed by atoms with Crippen LogP contribution >= 0.6 is 11.6 Å². The molecule has 0 spiro atoms. The number of aromatic nitrogens is 5. The fourth-order valence-corrected chi connectivity index (χ4v) is 5.93. The second-order valence-electron chi connectivity index (χ2n) is 10.3. The molecule has 41 heavy (non-hydrogen) atoms. The van der Waals surface area contributed by atoms with Crippen LogP contribution in [-0.4, -0.2) is 85.3 Å². The van der Waals surface area contributed by atoms with Gasteiger partial charge in [0, 0.05) is 48.3 Å². The summed E-state index contributed by atoms with van der Waals surface area (Å²) in [6, 6.07) is 5.99. The molecule has 0 bridgehead atoms. The van der Waals surface area contributed by atoms with Crippen molar-refractivity contribution >= 4 is 34.7 Å². The van der Waals surface area contributed by atoms with Gasteiger partial charge in [-0.05, 0) is 56.6 Å². The van der Waals surface area contributed by atoms with Crippen LogP contribution in [0, 0.1) is 5.92 Å². The highest BCUT2D eigenvalue weighted by molar-refractivity contribution is 6.31. The fourth-order valence-electron chi connectivity index (χ4n) is 5.76. The highest BCUT2D eigenvalue weighted by Gasteiger charge is 2.39. The molecule has 0 saturated carbocycles. The predicted molar refractivity (Wildman–Crippen MR) is 146 cm³/mol. The summed E-state index contributed by atoms with van der Waals surface area (Å²) in [7, 11) is 2.09. The van der Waals surface area contributed by atoms with E-state index in [1.165, 1.54) is 46.0 Å². The Bertz CT molecular complexity index is 1610. The number of benzene rings is 1. The summed E-state index contributed by atoms with van der Waals surface area (Å²) in [6.07, 6.45) is 7.92. The van der Waals surface area contributed by atoms with Crippen LogP contribution in [0.1, 0.15) is 23.2 Å². The molecule has 0 radical (unpaired) electrons. The van der Waals surface area contributed by atoms with Gasteiger partial charge in [-0.25, -0.2) is 9.50 Å². The van der Waals surface area contributed by atoms with Crippen molar-refractivity contribution in [3.05, 3.63) is 59.6 Å². The summed E-state index contributed by atoms with van der Waals surface area (Å²) in [6.45, 7) is -0.642. The first-order valence-electron chi connectivity index (χ1n) is 13.2. The van der Waals surface area contributed by atoms with E-state index >= 15 is 0 Å². The topological polar surface area (TPSA) is 110 Å². The van der Waals surface area contributed by atoms with Crippen LogP contribution in [0.2, 0.25) is 5.02 Å². The molecule has 1 unspecified atom stereocenters. The number of carbonyl (C=O) groups excluding carboxylic acids is 2. The number of halogens is 3. The maximum absolute atomic E-state index is 13.4. The number of hydrogen-bond donors (Lipinski definition) is 1. The Balaban J connectivity index is 1.33. The Morgan fingerprint density at radius 3 is 2.93 bits per heavy atom. The summed E-state index contributed by atoms with van der Waals surface area (Å²) in [5, 5.41) is 11.7. The zero-order valence-corrected chi connectivity index (χ0v) is 22.8. The van der Waals surface area contributed by atoms with Crippen molar-refractivity contribution in [2.24, 2.45) is 5.92 Å². The molecule has 6 rings (SSSR count). The molecule has 14 heteroatoms. The van der Waals surface area contributed by atoms with Crippen LogP contribution in [0.3, 0.4) is 0 Å². The van der Waals surface area contributed by atoms with E-state index < -0.39 is 12.5 Å². The van der Waals surface area contributed by atoms with Gasteiger partial charge in [-0.3, -0.25) is 14.3 Å². The first kappa shape index (κ1) is 27.1. The summed E-state index contributed by atoms with van der Waals surface area (Å²) in [5.74, 6) is -0.391. The largest absolute Gasteiger partial charge is 0.434 e. The number of amides is 2. The average molecular weight is 585 g/mol. The molecular weight excluding hydrogens is 558 g/mol. The van der Waals surface area contributed by atoms with Crippen molar-refractivity contribution < 1.29 is 23.1 Å². The van der Waals surface area contributed by atoms with Gasteiger partial charge in [0.05, 0.1) is 11.9 Å². The third-order valence-corrected chi connectivity index (χ3v) is 7.84. The van der Waals surface area contributed by atoms with Gasteiger partial charge in [0.25, 0.3) is 5.91 Å².